The minimum Gasteiger partial charge on any atom is -0.310 e. The third-order valence-electron chi connectivity index (χ3n) is 6.43. The lowest BCUT2D eigenvalue weighted by Gasteiger charge is -2.34. The molecule has 0 bridgehead atoms. The lowest BCUT2D eigenvalue weighted by atomic mass is 10.0. The summed E-state index contributed by atoms with van der Waals surface area (Å²) in [6.07, 6.45) is 8.74. The van der Waals surface area contributed by atoms with Crippen molar-refractivity contribution in [1.82, 2.24) is 24.3 Å². The molecule has 2 aliphatic rings. The Bertz CT molecular complexity index is 1270. The summed E-state index contributed by atoms with van der Waals surface area (Å²) in [4.78, 5) is 31.1. The van der Waals surface area contributed by atoms with Gasteiger partial charge >= 0.3 is 0 Å². The third-order valence-corrected chi connectivity index (χ3v) is 6.43. The third kappa shape index (κ3) is 4.16. The van der Waals surface area contributed by atoms with Gasteiger partial charge in [-0.3, -0.25) is 23.7 Å². The lowest BCUT2D eigenvalue weighted by Crippen LogP contribution is -2.44. The van der Waals surface area contributed by atoms with Crippen molar-refractivity contribution in [3.05, 3.63) is 80.9 Å². The SMILES string of the molecule is O=c1ccc2ccc(=O)n3c2n1CC3CN1CCC(NCC=Cc2cncc(F)c2)CC1. The molecule has 32 heavy (non-hydrogen) atoms. The van der Waals surface area contributed by atoms with E-state index in [-0.39, 0.29) is 23.0 Å². The number of nitrogens with one attached hydrogen (secondary N) is 1. The van der Waals surface area contributed by atoms with E-state index in [0.717, 1.165) is 55.6 Å². The highest BCUT2D eigenvalue weighted by molar-refractivity contribution is 5.76. The maximum Gasteiger partial charge on any atom is 0.252 e. The zero-order chi connectivity index (χ0) is 22.1. The van der Waals surface area contributed by atoms with Crippen molar-refractivity contribution in [2.24, 2.45) is 0 Å². The molecule has 0 saturated carbocycles. The van der Waals surface area contributed by atoms with E-state index in [0.29, 0.717) is 12.6 Å². The highest BCUT2D eigenvalue weighted by Crippen LogP contribution is 2.25. The van der Waals surface area contributed by atoms with Crippen LogP contribution in [-0.4, -0.2) is 51.2 Å². The van der Waals surface area contributed by atoms with Crippen molar-refractivity contribution in [3.8, 4) is 0 Å². The molecule has 5 heterocycles. The summed E-state index contributed by atoms with van der Waals surface area (Å²) < 4.78 is 16.7. The second-order valence-electron chi connectivity index (χ2n) is 8.58. The number of hydrogen-bond acceptors (Lipinski definition) is 5. The van der Waals surface area contributed by atoms with Gasteiger partial charge in [-0.1, -0.05) is 12.2 Å². The highest BCUT2D eigenvalue weighted by Gasteiger charge is 2.29. The van der Waals surface area contributed by atoms with E-state index in [2.05, 4.69) is 15.2 Å². The van der Waals surface area contributed by atoms with E-state index in [4.69, 9.17) is 0 Å². The van der Waals surface area contributed by atoms with Crippen LogP contribution in [0.5, 0.6) is 0 Å². The molecule has 0 spiro atoms. The fourth-order valence-electron chi connectivity index (χ4n) is 4.86. The quantitative estimate of drug-likeness (QED) is 0.642. The number of likely N-dealkylation sites (tertiary alicyclic amines) is 1. The summed E-state index contributed by atoms with van der Waals surface area (Å²) in [7, 11) is 0. The molecule has 0 radical (unpaired) electrons. The fraction of sp³-hybridized carbons (Fsp3) is 0.375. The summed E-state index contributed by atoms with van der Waals surface area (Å²) in [5.41, 5.74) is 1.40. The number of aromatic nitrogens is 3. The summed E-state index contributed by atoms with van der Waals surface area (Å²) in [5.74, 6) is -0.332. The first-order chi connectivity index (χ1) is 15.6. The van der Waals surface area contributed by atoms with Crippen LogP contribution < -0.4 is 16.4 Å². The minimum absolute atomic E-state index is 0.0198. The van der Waals surface area contributed by atoms with Crippen molar-refractivity contribution >= 4 is 17.1 Å². The second-order valence-corrected chi connectivity index (χ2v) is 8.58. The molecule has 3 aromatic rings. The molecule has 5 rings (SSSR count). The predicted octanol–water partition coefficient (Wildman–Crippen LogP) is 2.02. The Balaban J connectivity index is 1.15. The number of halogens is 1. The van der Waals surface area contributed by atoms with Crippen molar-refractivity contribution in [3.63, 3.8) is 0 Å². The summed E-state index contributed by atoms with van der Waals surface area (Å²) in [5, 5.41) is 4.47. The first kappa shape index (κ1) is 20.8. The molecule has 0 aliphatic carbocycles. The highest BCUT2D eigenvalue weighted by atomic mass is 19.1. The molecule has 2 aliphatic heterocycles. The molecule has 1 N–H and O–H groups in total. The van der Waals surface area contributed by atoms with Gasteiger partial charge in [0.15, 0.2) is 0 Å². The molecule has 0 aromatic carbocycles. The molecule has 3 aromatic heterocycles. The molecule has 166 valence electrons. The van der Waals surface area contributed by atoms with Crippen LogP contribution in [-0.2, 0) is 6.54 Å². The van der Waals surface area contributed by atoms with Gasteiger partial charge in [0.25, 0.3) is 11.1 Å². The first-order valence-electron chi connectivity index (χ1n) is 11.1. The van der Waals surface area contributed by atoms with E-state index >= 15 is 0 Å². The van der Waals surface area contributed by atoms with Crippen LogP contribution in [0.4, 0.5) is 4.39 Å². The number of rotatable bonds is 6. The van der Waals surface area contributed by atoms with Gasteiger partial charge in [0, 0.05) is 49.4 Å². The molecule has 1 saturated heterocycles. The maximum absolute atomic E-state index is 13.2. The van der Waals surface area contributed by atoms with Crippen LogP contribution in [0.1, 0.15) is 24.4 Å². The molecule has 8 heteroatoms. The Morgan fingerprint density at radius 3 is 2.66 bits per heavy atom. The molecule has 1 fully saturated rings. The first-order valence-corrected chi connectivity index (χ1v) is 11.1. The number of nitrogens with zero attached hydrogens (tertiary/aromatic N) is 4. The van der Waals surface area contributed by atoms with Crippen molar-refractivity contribution in [2.45, 2.75) is 31.5 Å². The van der Waals surface area contributed by atoms with E-state index in [1.165, 1.54) is 12.3 Å². The van der Waals surface area contributed by atoms with Gasteiger partial charge in [0.05, 0.1) is 12.2 Å². The van der Waals surface area contributed by atoms with Gasteiger partial charge in [-0.05, 0) is 49.7 Å². The molecular formula is C24H26FN5O2. The molecular weight excluding hydrogens is 409 g/mol. The van der Waals surface area contributed by atoms with Crippen molar-refractivity contribution in [1.29, 1.82) is 0 Å². The van der Waals surface area contributed by atoms with Crippen LogP contribution in [0, 0.1) is 5.82 Å². The smallest absolute Gasteiger partial charge is 0.252 e. The molecule has 7 nitrogen and oxygen atoms in total. The maximum atomic E-state index is 13.2. The van der Waals surface area contributed by atoms with Crippen LogP contribution >= 0.6 is 0 Å². The zero-order valence-corrected chi connectivity index (χ0v) is 17.8. The van der Waals surface area contributed by atoms with E-state index in [1.54, 1.807) is 39.6 Å². The monoisotopic (exact) mass is 435 g/mol. The summed E-state index contributed by atoms with van der Waals surface area (Å²) in [6, 6.07) is 8.63. The normalized spacial score (nSPS) is 19.3. The van der Waals surface area contributed by atoms with Gasteiger partial charge in [-0.15, -0.1) is 0 Å². The lowest BCUT2D eigenvalue weighted by molar-refractivity contribution is 0.173. The molecule has 1 atom stereocenters. The van der Waals surface area contributed by atoms with Crippen molar-refractivity contribution < 1.29 is 4.39 Å². The van der Waals surface area contributed by atoms with Crippen molar-refractivity contribution in [2.75, 3.05) is 26.2 Å². The van der Waals surface area contributed by atoms with E-state index in [1.807, 2.05) is 12.2 Å². The van der Waals surface area contributed by atoms with Gasteiger partial charge in [-0.25, -0.2) is 4.39 Å². The van der Waals surface area contributed by atoms with Gasteiger partial charge in [0.1, 0.15) is 11.5 Å². The molecule has 0 amide bonds. The van der Waals surface area contributed by atoms with Gasteiger partial charge in [-0.2, -0.15) is 0 Å². The predicted molar refractivity (Wildman–Crippen MR) is 122 cm³/mol. The average Bonchev–Trinajstić information content (AvgIpc) is 3.18. The van der Waals surface area contributed by atoms with E-state index in [9.17, 15) is 14.0 Å². The summed E-state index contributed by atoms with van der Waals surface area (Å²) in [6.45, 7) is 3.93. The topological polar surface area (TPSA) is 72.2 Å². The van der Waals surface area contributed by atoms with Gasteiger partial charge < -0.3 is 10.2 Å². The Morgan fingerprint density at radius 2 is 1.88 bits per heavy atom. The number of pyridine rings is 3. The van der Waals surface area contributed by atoms with Crippen LogP contribution in [0.2, 0.25) is 0 Å². The standard InChI is InChI=1S/C24H26FN5O2/c25-19-12-17(13-26-14-19)2-1-9-27-20-7-10-28(11-8-20)15-21-16-29-22(31)5-3-18-4-6-23(32)30(21)24(18)29/h1-6,12-14,20-21,27H,7-11,15-16H2. The van der Waals surface area contributed by atoms with Crippen LogP contribution in [0.25, 0.3) is 17.1 Å². The Morgan fingerprint density at radius 1 is 1.09 bits per heavy atom. The van der Waals surface area contributed by atoms with Gasteiger partial charge in [0.2, 0.25) is 0 Å². The van der Waals surface area contributed by atoms with E-state index < -0.39 is 0 Å². The molecule has 1 unspecified atom stereocenters. The Kier molecular flexibility index (Phi) is 5.71. The zero-order valence-electron chi connectivity index (χ0n) is 17.8. The average molecular weight is 436 g/mol. The van der Waals surface area contributed by atoms with Crippen LogP contribution in [0.15, 0.2) is 58.4 Å². The minimum atomic E-state index is -0.332. The second kappa shape index (κ2) is 8.80. The fourth-order valence-corrected chi connectivity index (χ4v) is 4.86. The number of piperidine rings is 1. The number of hydrogen-bond donors (Lipinski definition) is 1. The Labute approximate surface area is 184 Å². The van der Waals surface area contributed by atoms with Crippen LogP contribution in [0.3, 0.4) is 0 Å². The largest absolute Gasteiger partial charge is 0.310 e. The Hall–Kier alpha value is -3.10. The summed E-state index contributed by atoms with van der Waals surface area (Å²) >= 11 is 0.